The molecule has 0 aromatic heterocycles. The summed E-state index contributed by atoms with van der Waals surface area (Å²) in [7, 11) is 1.74. The van der Waals surface area contributed by atoms with E-state index in [0.29, 0.717) is 12.6 Å². The first-order valence-corrected chi connectivity index (χ1v) is 6.66. The summed E-state index contributed by atoms with van der Waals surface area (Å²) in [6.45, 7) is 2.85. The maximum atomic E-state index is 5.33. The van der Waals surface area contributed by atoms with E-state index in [2.05, 4.69) is 60.8 Å². The Morgan fingerprint density at radius 3 is 1.95 bits per heavy atom. The van der Waals surface area contributed by atoms with Crippen LogP contribution >= 0.6 is 0 Å². The van der Waals surface area contributed by atoms with Crippen molar-refractivity contribution in [1.82, 2.24) is 5.32 Å². The maximum absolute atomic E-state index is 5.33. The summed E-state index contributed by atoms with van der Waals surface area (Å²) in [5.41, 5.74) is 2.55. The van der Waals surface area contributed by atoms with Crippen LogP contribution in [0.15, 0.2) is 60.7 Å². The molecule has 0 aliphatic carbocycles. The molecular weight excluding hydrogens is 234 g/mol. The van der Waals surface area contributed by atoms with Crippen molar-refractivity contribution in [2.45, 2.75) is 19.0 Å². The van der Waals surface area contributed by atoms with E-state index in [1.807, 2.05) is 12.1 Å². The van der Waals surface area contributed by atoms with Crippen LogP contribution in [0.4, 0.5) is 0 Å². The summed E-state index contributed by atoms with van der Waals surface area (Å²) in [6.07, 6.45) is 0. The van der Waals surface area contributed by atoms with Crippen molar-refractivity contribution in [3.8, 4) is 0 Å². The van der Waals surface area contributed by atoms with E-state index in [9.17, 15) is 0 Å². The largest absolute Gasteiger partial charge is 0.383 e. The number of hydrogen-bond donors (Lipinski definition) is 1. The quantitative estimate of drug-likeness (QED) is 0.849. The molecule has 0 fully saturated rings. The van der Waals surface area contributed by atoms with E-state index in [-0.39, 0.29) is 6.04 Å². The fourth-order valence-corrected chi connectivity index (χ4v) is 2.23. The van der Waals surface area contributed by atoms with E-state index in [1.165, 1.54) is 11.1 Å². The second-order valence-corrected chi connectivity index (χ2v) is 4.72. The Bertz CT molecular complexity index is 469. The SMILES string of the molecule is COC[C@@H](N[C@H](C)c1ccccc1)c1ccccc1. The number of benzene rings is 2. The number of ether oxygens (including phenoxy) is 1. The van der Waals surface area contributed by atoms with E-state index >= 15 is 0 Å². The Morgan fingerprint density at radius 1 is 0.895 bits per heavy atom. The fraction of sp³-hybridized carbons (Fsp3) is 0.294. The average molecular weight is 255 g/mol. The zero-order chi connectivity index (χ0) is 13.5. The lowest BCUT2D eigenvalue weighted by atomic mass is 10.0. The Hall–Kier alpha value is -1.64. The van der Waals surface area contributed by atoms with Gasteiger partial charge in [-0.25, -0.2) is 0 Å². The average Bonchev–Trinajstić information content (AvgIpc) is 2.48. The summed E-state index contributed by atoms with van der Waals surface area (Å²) in [5.74, 6) is 0. The number of methoxy groups -OCH3 is 1. The minimum Gasteiger partial charge on any atom is -0.383 e. The molecule has 0 heterocycles. The third-order valence-corrected chi connectivity index (χ3v) is 3.29. The van der Waals surface area contributed by atoms with E-state index in [0.717, 1.165) is 0 Å². The first kappa shape index (κ1) is 13.8. The molecule has 2 nitrogen and oxygen atoms in total. The van der Waals surface area contributed by atoms with Crippen LogP contribution in [-0.4, -0.2) is 13.7 Å². The lowest BCUT2D eigenvalue weighted by molar-refractivity contribution is 0.162. The first-order chi connectivity index (χ1) is 9.31. The van der Waals surface area contributed by atoms with Gasteiger partial charge in [-0.3, -0.25) is 0 Å². The van der Waals surface area contributed by atoms with Crippen molar-refractivity contribution in [2.75, 3.05) is 13.7 Å². The van der Waals surface area contributed by atoms with Gasteiger partial charge in [-0.2, -0.15) is 0 Å². The molecule has 0 aliphatic heterocycles. The van der Waals surface area contributed by atoms with Gasteiger partial charge in [-0.1, -0.05) is 60.7 Å². The van der Waals surface area contributed by atoms with Crippen molar-refractivity contribution in [3.63, 3.8) is 0 Å². The van der Waals surface area contributed by atoms with E-state index < -0.39 is 0 Å². The summed E-state index contributed by atoms with van der Waals surface area (Å²) in [6, 6.07) is 21.4. The van der Waals surface area contributed by atoms with E-state index in [1.54, 1.807) is 7.11 Å². The van der Waals surface area contributed by atoms with Gasteiger partial charge in [0.25, 0.3) is 0 Å². The van der Waals surface area contributed by atoms with Crippen LogP contribution in [0.5, 0.6) is 0 Å². The van der Waals surface area contributed by atoms with Crippen LogP contribution in [0, 0.1) is 0 Å². The molecule has 2 aromatic rings. The molecular formula is C17H21NO. The molecule has 2 atom stereocenters. The van der Waals surface area contributed by atoms with Crippen LogP contribution in [0.3, 0.4) is 0 Å². The molecule has 2 rings (SSSR count). The highest BCUT2D eigenvalue weighted by Gasteiger charge is 2.14. The fourth-order valence-electron chi connectivity index (χ4n) is 2.23. The van der Waals surface area contributed by atoms with Gasteiger partial charge in [0.2, 0.25) is 0 Å². The minimum atomic E-state index is 0.210. The molecule has 19 heavy (non-hydrogen) atoms. The number of rotatable bonds is 6. The maximum Gasteiger partial charge on any atom is 0.0657 e. The zero-order valence-electron chi connectivity index (χ0n) is 11.5. The molecule has 0 saturated carbocycles. The highest BCUT2D eigenvalue weighted by atomic mass is 16.5. The highest BCUT2D eigenvalue weighted by Crippen LogP contribution is 2.19. The Kier molecular flexibility index (Phi) is 5.13. The third-order valence-electron chi connectivity index (χ3n) is 3.29. The van der Waals surface area contributed by atoms with Crippen molar-refractivity contribution in [3.05, 3.63) is 71.8 Å². The minimum absolute atomic E-state index is 0.210. The smallest absolute Gasteiger partial charge is 0.0657 e. The van der Waals surface area contributed by atoms with Crippen LogP contribution < -0.4 is 5.32 Å². The summed E-state index contributed by atoms with van der Waals surface area (Å²) >= 11 is 0. The lowest BCUT2D eigenvalue weighted by Gasteiger charge is -2.23. The highest BCUT2D eigenvalue weighted by molar-refractivity contribution is 5.22. The molecule has 100 valence electrons. The summed E-state index contributed by atoms with van der Waals surface area (Å²) in [4.78, 5) is 0. The van der Waals surface area contributed by atoms with Crippen molar-refractivity contribution in [1.29, 1.82) is 0 Å². The van der Waals surface area contributed by atoms with Crippen molar-refractivity contribution in [2.24, 2.45) is 0 Å². The van der Waals surface area contributed by atoms with Gasteiger partial charge in [-0.15, -0.1) is 0 Å². The van der Waals surface area contributed by atoms with E-state index in [4.69, 9.17) is 4.74 Å². The van der Waals surface area contributed by atoms with Crippen LogP contribution in [-0.2, 0) is 4.74 Å². The molecule has 1 N–H and O–H groups in total. The van der Waals surface area contributed by atoms with Crippen LogP contribution in [0.25, 0.3) is 0 Å². The second kappa shape index (κ2) is 7.07. The molecule has 0 spiro atoms. The summed E-state index contributed by atoms with van der Waals surface area (Å²) < 4.78 is 5.33. The normalized spacial score (nSPS) is 14.0. The van der Waals surface area contributed by atoms with Crippen molar-refractivity contribution >= 4 is 0 Å². The van der Waals surface area contributed by atoms with Gasteiger partial charge in [0.05, 0.1) is 12.6 Å². The Morgan fingerprint density at radius 2 is 1.42 bits per heavy atom. The number of hydrogen-bond acceptors (Lipinski definition) is 2. The number of nitrogens with one attached hydrogen (secondary N) is 1. The van der Waals surface area contributed by atoms with Gasteiger partial charge >= 0.3 is 0 Å². The molecule has 2 aromatic carbocycles. The molecule has 0 bridgehead atoms. The third kappa shape index (κ3) is 3.91. The van der Waals surface area contributed by atoms with Gasteiger partial charge in [0.1, 0.15) is 0 Å². The van der Waals surface area contributed by atoms with Gasteiger partial charge in [-0.05, 0) is 18.1 Å². The Labute approximate surface area is 115 Å². The standard InChI is InChI=1S/C17H21NO/c1-14(15-9-5-3-6-10-15)18-17(13-19-2)16-11-7-4-8-12-16/h3-12,14,17-18H,13H2,1-2H3/t14-,17-/m1/s1. The molecule has 0 unspecified atom stereocenters. The Balaban J connectivity index is 2.09. The lowest BCUT2D eigenvalue weighted by Crippen LogP contribution is -2.27. The molecule has 0 aliphatic rings. The van der Waals surface area contributed by atoms with Gasteiger partial charge in [0.15, 0.2) is 0 Å². The molecule has 0 radical (unpaired) electrons. The molecule has 0 saturated heterocycles. The zero-order valence-corrected chi connectivity index (χ0v) is 11.5. The predicted molar refractivity (Wildman–Crippen MR) is 79.1 cm³/mol. The second-order valence-electron chi connectivity index (χ2n) is 4.72. The summed E-state index contributed by atoms with van der Waals surface area (Å²) in [5, 5.41) is 3.63. The van der Waals surface area contributed by atoms with Crippen molar-refractivity contribution < 1.29 is 4.74 Å². The monoisotopic (exact) mass is 255 g/mol. The molecule has 2 heteroatoms. The topological polar surface area (TPSA) is 21.3 Å². The van der Waals surface area contributed by atoms with Crippen LogP contribution in [0.1, 0.15) is 30.1 Å². The predicted octanol–water partition coefficient (Wildman–Crippen LogP) is 3.72. The van der Waals surface area contributed by atoms with Crippen LogP contribution in [0.2, 0.25) is 0 Å². The van der Waals surface area contributed by atoms with Gasteiger partial charge in [0, 0.05) is 13.2 Å². The van der Waals surface area contributed by atoms with Gasteiger partial charge < -0.3 is 10.1 Å². The molecule has 0 amide bonds. The first-order valence-electron chi connectivity index (χ1n) is 6.66.